The van der Waals surface area contributed by atoms with Crippen molar-refractivity contribution < 1.29 is 13.2 Å². The fourth-order valence-electron chi connectivity index (χ4n) is 4.13. The number of nitrogens with one attached hydrogen (secondary N) is 2. The van der Waals surface area contributed by atoms with Gasteiger partial charge in [-0.25, -0.2) is 15.0 Å². The van der Waals surface area contributed by atoms with E-state index in [9.17, 15) is 18.0 Å². The molecular formula is C25H20F3N7O. The van der Waals surface area contributed by atoms with Gasteiger partial charge in [0.1, 0.15) is 17.8 Å². The van der Waals surface area contributed by atoms with Gasteiger partial charge in [-0.3, -0.25) is 9.36 Å². The van der Waals surface area contributed by atoms with Crippen molar-refractivity contribution in [2.75, 3.05) is 17.7 Å². The molecule has 36 heavy (non-hydrogen) atoms. The summed E-state index contributed by atoms with van der Waals surface area (Å²) in [6.45, 7) is 1.86. The van der Waals surface area contributed by atoms with Crippen molar-refractivity contribution in [2.45, 2.75) is 13.1 Å². The summed E-state index contributed by atoms with van der Waals surface area (Å²) in [6.07, 6.45) is -1.52. The fraction of sp³-hybridized carbons (Fsp3) is 0.160. The summed E-state index contributed by atoms with van der Waals surface area (Å²) in [5.74, 6) is 0.713. The third-order valence-corrected chi connectivity index (χ3v) is 5.91. The van der Waals surface area contributed by atoms with Crippen LogP contribution < -0.4 is 16.2 Å². The molecule has 2 N–H and O–H groups in total. The largest absolute Gasteiger partial charge is 0.416 e. The summed E-state index contributed by atoms with van der Waals surface area (Å²) in [5.41, 5.74) is 1.95. The maximum Gasteiger partial charge on any atom is 0.416 e. The molecule has 8 nitrogen and oxygen atoms in total. The SMILES string of the molecule is CNc1ncc2cc(-c3c(C)ccc4c(Nc5cccc(C(F)(F)F)c5)ncnc34)c(=O)n(C)c2n1. The molecule has 0 amide bonds. The van der Waals surface area contributed by atoms with E-state index < -0.39 is 11.7 Å². The molecule has 0 aliphatic rings. The molecule has 2 aromatic carbocycles. The third-order valence-electron chi connectivity index (χ3n) is 5.91. The van der Waals surface area contributed by atoms with E-state index in [4.69, 9.17) is 0 Å². The predicted molar refractivity (Wildman–Crippen MR) is 132 cm³/mol. The first kappa shape index (κ1) is 23.2. The van der Waals surface area contributed by atoms with Gasteiger partial charge in [-0.2, -0.15) is 18.2 Å². The van der Waals surface area contributed by atoms with Crippen molar-refractivity contribution >= 4 is 39.4 Å². The molecule has 0 aliphatic carbocycles. The van der Waals surface area contributed by atoms with E-state index in [0.717, 1.165) is 17.7 Å². The van der Waals surface area contributed by atoms with Crippen LogP contribution in [0.1, 0.15) is 11.1 Å². The lowest BCUT2D eigenvalue weighted by molar-refractivity contribution is -0.137. The molecule has 3 heterocycles. The number of aromatic nitrogens is 5. The van der Waals surface area contributed by atoms with E-state index in [2.05, 4.69) is 30.6 Å². The van der Waals surface area contributed by atoms with Crippen LogP contribution in [0.3, 0.4) is 0 Å². The van der Waals surface area contributed by atoms with Crippen LogP contribution in [-0.4, -0.2) is 31.6 Å². The second-order valence-corrected chi connectivity index (χ2v) is 8.22. The minimum Gasteiger partial charge on any atom is -0.357 e. The Bertz CT molecular complexity index is 1700. The normalized spacial score (nSPS) is 11.7. The zero-order chi connectivity index (χ0) is 25.6. The second kappa shape index (κ2) is 8.59. The zero-order valence-corrected chi connectivity index (χ0v) is 19.5. The highest BCUT2D eigenvalue weighted by Crippen LogP contribution is 2.35. The molecule has 0 spiro atoms. The first-order valence-corrected chi connectivity index (χ1v) is 10.9. The summed E-state index contributed by atoms with van der Waals surface area (Å²) in [6, 6.07) is 10.2. The van der Waals surface area contributed by atoms with E-state index in [0.29, 0.717) is 44.8 Å². The van der Waals surface area contributed by atoms with Crippen LogP contribution in [0.15, 0.2) is 59.8 Å². The Labute approximate surface area is 202 Å². The van der Waals surface area contributed by atoms with Gasteiger partial charge in [-0.1, -0.05) is 12.1 Å². The summed E-state index contributed by atoms with van der Waals surface area (Å²) < 4.78 is 41.0. The van der Waals surface area contributed by atoms with E-state index in [1.54, 1.807) is 32.4 Å². The zero-order valence-electron chi connectivity index (χ0n) is 19.5. The molecule has 0 fully saturated rings. The highest BCUT2D eigenvalue weighted by Gasteiger charge is 2.30. The predicted octanol–water partition coefficient (Wildman–Crippen LogP) is 5.05. The van der Waals surface area contributed by atoms with Gasteiger partial charge in [0.2, 0.25) is 5.95 Å². The maximum absolute atomic E-state index is 13.4. The van der Waals surface area contributed by atoms with Gasteiger partial charge in [-0.05, 0) is 42.8 Å². The number of anilines is 3. The number of nitrogens with zero attached hydrogens (tertiary/aromatic N) is 5. The molecule has 3 aromatic heterocycles. The number of rotatable bonds is 4. The van der Waals surface area contributed by atoms with E-state index in [-0.39, 0.29) is 11.2 Å². The second-order valence-electron chi connectivity index (χ2n) is 8.22. The summed E-state index contributed by atoms with van der Waals surface area (Å²) in [5, 5.41) is 7.04. The van der Waals surface area contributed by atoms with Crippen LogP contribution in [0.4, 0.5) is 30.6 Å². The Morgan fingerprint density at radius 3 is 2.58 bits per heavy atom. The molecule has 5 rings (SSSR count). The summed E-state index contributed by atoms with van der Waals surface area (Å²) in [4.78, 5) is 30.7. The van der Waals surface area contributed by atoms with E-state index in [1.165, 1.54) is 23.0 Å². The van der Waals surface area contributed by atoms with Crippen LogP contribution in [0, 0.1) is 6.92 Å². The lowest BCUT2D eigenvalue weighted by atomic mass is 9.97. The lowest BCUT2D eigenvalue weighted by Gasteiger charge is -2.15. The number of hydrogen-bond donors (Lipinski definition) is 2. The quantitative estimate of drug-likeness (QED) is 0.363. The van der Waals surface area contributed by atoms with Gasteiger partial charge in [0, 0.05) is 42.3 Å². The fourth-order valence-corrected chi connectivity index (χ4v) is 4.13. The Hall–Kier alpha value is -4.54. The highest BCUT2D eigenvalue weighted by atomic mass is 19.4. The molecule has 182 valence electrons. The number of benzene rings is 2. The monoisotopic (exact) mass is 491 g/mol. The van der Waals surface area contributed by atoms with Crippen molar-refractivity contribution in [1.29, 1.82) is 0 Å². The molecule has 11 heteroatoms. The molecule has 0 bridgehead atoms. The smallest absolute Gasteiger partial charge is 0.357 e. The number of aryl methyl sites for hydroxylation is 2. The molecule has 0 saturated carbocycles. The average molecular weight is 491 g/mol. The van der Waals surface area contributed by atoms with E-state index in [1.807, 2.05) is 13.0 Å². The Kier molecular flexibility index (Phi) is 5.54. The Morgan fingerprint density at radius 1 is 1.03 bits per heavy atom. The number of alkyl halides is 3. The number of halogens is 3. The van der Waals surface area contributed by atoms with Crippen LogP contribution in [0.5, 0.6) is 0 Å². The van der Waals surface area contributed by atoms with E-state index >= 15 is 0 Å². The van der Waals surface area contributed by atoms with Crippen LogP contribution >= 0.6 is 0 Å². The van der Waals surface area contributed by atoms with Crippen molar-refractivity contribution in [3.63, 3.8) is 0 Å². The minimum absolute atomic E-state index is 0.228. The molecule has 0 aliphatic heterocycles. The summed E-state index contributed by atoms with van der Waals surface area (Å²) >= 11 is 0. The first-order valence-electron chi connectivity index (χ1n) is 10.9. The Morgan fingerprint density at radius 2 is 1.83 bits per heavy atom. The standard InChI is InChI=1S/C25H20F3N7O/c1-13-7-8-17-20(31-12-32-21(17)33-16-6-4-5-15(10-16)25(26,27)28)19(13)18-9-14-11-30-24(29-2)34-22(14)35(3)23(18)36/h4-12H,1-3H3,(H,29,30,34)(H,31,32,33). The van der Waals surface area contributed by atoms with Crippen molar-refractivity contribution in [2.24, 2.45) is 7.05 Å². The van der Waals surface area contributed by atoms with Gasteiger partial charge in [0.05, 0.1) is 16.6 Å². The van der Waals surface area contributed by atoms with Crippen molar-refractivity contribution in [3.05, 3.63) is 76.5 Å². The molecule has 5 aromatic rings. The topological polar surface area (TPSA) is 97.6 Å². The van der Waals surface area contributed by atoms with Crippen LogP contribution in [-0.2, 0) is 13.2 Å². The van der Waals surface area contributed by atoms with Gasteiger partial charge in [-0.15, -0.1) is 0 Å². The highest BCUT2D eigenvalue weighted by molar-refractivity contribution is 6.02. The molecular weight excluding hydrogens is 471 g/mol. The van der Waals surface area contributed by atoms with Gasteiger partial charge < -0.3 is 10.6 Å². The van der Waals surface area contributed by atoms with Crippen molar-refractivity contribution in [3.8, 4) is 11.1 Å². The molecule has 0 unspecified atom stereocenters. The molecule has 0 atom stereocenters. The average Bonchev–Trinajstić information content (AvgIpc) is 2.86. The van der Waals surface area contributed by atoms with Crippen LogP contribution in [0.2, 0.25) is 0 Å². The molecule has 0 saturated heterocycles. The third kappa shape index (κ3) is 3.98. The Balaban J connectivity index is 1.68. The number of pyridine rings is 1. The first-order chi connectivity index (χ1) is 17.2. The minimum atomic E-state index is -4.47. The number of hydrogen-bond acceptors (Lipinski definition) is 7. The molecule has 0 radical (unpaired) electrons. The van der Waals surface area contributed by atoms with Crippen LogP contribution in [0.25, 0.3) is 33.1 Å². The van der Waals surface area contributed by atoms with Gasteiger partial charge >= 0.3 is 6.18 Å². The number of fused-ring (bicyclic) bond motifs is 2. The van der Waals surface area contributed by atoms with Gasteiger partial charge in [0.25, 0.3) is 5.56 Å². The van der Waals surface area contributed by atoms with Crippen molar-refractivity contribution in [1.82, 2.24) is 24.5 Å². The van der Waals surface area contributed by atoms with Gasteiger partial charge in [0.15, 0.2) is 0 Å². The maximum atomic E-state index is 13.4. The summed E-state index contributed by atoms with van der Waals surface area (Å²) in [7, 11) is 3.33. The lowest BCUT2D eigenvalue weighted by Crippen LogP contribution is -2.20.